The molecule has 1 aromatic carbocycles. The molecule has 4 rings (SSSR count). The molecular formula is C18H21ClN6O2. The lowest BCUT2D eigenvalue weighted by Crippen LogP contribution is -2.37. The molecule has 0 spiro atoms. The second-order valence-corrected chi connectivity index (χ2v) is 6.94. The van der Waals surface area contributed by atoms with Crippen molar-refractivity contribution in [1.29, 1.82) is 0 Å². The molecule has 0 amide bonds. The molecule has 0 radical (unpaired) electrons. The van der Waals surface area contributed by atoms with E-state index in [1.54, 1.807) is 13.3 Å². The molecule has 142 valence electrons. The second-order valence-electron chi connectivity index (χ2n) is 6.56. The highest BCUT2D eigenvalue weighted by Gasteiger charge is 2.29. The first-order valence-electron chi connectivity index (χ1n) is 8.70. The van der Waals surface area contributed by atoms with Gasteiger partial charge in [0.15, 0.2) is 0 Å². The van der Waals surface area contributed by atoms with Crippen LogP contribution in [0.2, 0.25) is 5.02 Å². The van der Waals surface area contributed by atoms with Gasteiger partial charge in [-0.1, -0.05) is 23.7 Å². The number of hydrogen-bond acceptors (Lipinski definition) is 7. The maximum atomic E-state index is 11.7. The number of nitrogens with zero attached hydrogens (tertiary/aromatic N) is 3. The maximum Gasteiger partial charge on any atom is 0.285 e. The van der Waals surface area contributed by atoms with Crippen molar-refractivity contribution in [2.45, 2.75) is 19.9 Å². The summed E-state index contributed by atoms with van der Waals surface area (Å²) in [4.78, 5) is 13.8. The Bertz CT molecular complexity index is 957. The van der Waals surface area contributed by atoms with Crippen LogP contribution in [0.5, 0.6) is 5.75 Å². The van der Waals surface area contributed by atoms with Crippen LogP contribution in [0.3, 0.4) is 0 Å². The van der Waals surface area contributed by atoms with Gasteiger partial charge in [0.05, 0.1) is 43.5 Å². The predicted octanol–water partition coefficient (Wildman–Crippen LogP) is 1.69. The van der Waals surface area contributed by atoms with E-state index in [1.807, 2.05) is 12.1 Å². The van der Waals surface area contributed by atoms with E-state index >= 15 is 0 Å². The SMILES string of the molecule is COc1cccc(CN2NNC3=C2CCN(c2cn[nH]c(=O)c2Cl)C3)c1C. The molecule has 0 saturated heterocycles. The fourth-order valence-corrected chi connectivity index (χ4v) is 3.73. The summed E-state index contributed by atoms with van der Waals surface area (Å²) < 4.78 is 5.42. The Kier molecular flexibility index (Phi) is 4.67. The van der Waals surface area contributed by atoms with E-state index in [-0.39, 0.29) is 10.6 Å². The zero-order valence-electron chi connectivity index (χ0n) is 15.2. The summed E-state index contributed by atoms with van der Waals surface area (Å²) >= 11 is 6.15. The van der Waals surface area contributed by atoms with Crippen LogP contribution in [0.25, 0.3) is 0 Å². The van der Waals surface area contributed by atoms with Gasteiger partial charge >= 0.3 is 0 Å². The van der Waals surface area contributed by atoms with Gasteiger partial charge in [0.25, 0.3) is 5.56 Å². The van der Waals surface area contributed by atoms with Crippen molar-refractivity contribution in [2.75, 3.05) is 25.1 Å². The summed E-state index contributed by atoms with van der Waals surface area (Å²) in [5.41, 5.74) is 11.4. The monoisotopic (exact) mass is 388 g/mol. The third-order valence-electron chi connectivity index (χ3n) is 5.05. The fraction of sp³-hybridized carbons (Fsp3) is 0.333. The summed E-state index contributed by atoms with van der Waals surface area (Å²) in [6.07, 6.45) is 2.41. The lowest BCUT2D eigenvalue weighted by atomic mass is 10.1. The van der Waals surface area contributed by atoms with Gasteiger partial charge in [-0.15, -0.1) is 5.53 Å². The molecule has 0 bridgehead atoms. The number of hydrogen-bond donors (Lipinski definition) is 3. The standard InChI is InChI=1S/C18H21ClN6O2/c1-11-12(4-3-5-16(11)27-2)9-25-14-6-7-24(10-13(14)21-23-25)15-8-20-22-18(26)17(15)19/h3-5,8,21,23H,6-7,9-10H2,1-2H3,(H,22,26). The first-order chi connectivity index (χ1) is 13.1. The highest BCUT2D eigenvalue weighted by atomic mass is 35.5. The van der Waals surface area contributed by atoms with Crippen molar-refractivity contribution < 1.29 is 4.74 Å². The van der Waals surface area contributed by atoms with E-state index < -0.39 is 0 Å². The van der Waals surface area contributed by atoms with E-state index in [9.17, 15) is 4.79 Å². The number of nitrogens with one attached hydrogen (secondary N) is 3. The molecule has 3 heterocycles. The first-order valence-corrected chi connectivity index (χ1v) is 9.08. The third-order valence-corrected chi connectivity index (χ3v) is 5.41. The average molecular weight is 389 g/mol. The minimum atomic E-state index is -0.374. The van der Waals surface area contributed by atoms with Gasteiger partial charge in [-0.2, -0.15) is 5.10 Å². The molecule has 2 aliphatic heterocycles. The number of rotatable bonds is 4. The molecule has 0 saturated carbocycles. The van der Waals surface area contributed by atoms with Gasteiger partial charge in [0, 0.05) is 13.0 Å². The third kappa shape index (κ3) is 3.22. The van der Waals surface area contributed by atoms with Gasteiger partial charge < -0.3 is 15.1 Å². The lowest BCUT2D eigenvalue weighted by molar-refractivity contribution is 0.236. The summed E-state index contributed by atoms with van der Waals surface area (Å²) in [7, 11) is 1.69. The molecule has 3 N–H and O–H groups in total. The summed E-state index contributed by atoms with van der Waals surface area (Å²) in [6, 6.07) is 6.08. The smallest absolute Gasteiger partial charge is 0.285 e. The van der Waals surface area contributed by atoms with E-state index in [4.69, 9.17) is 16.3 Å². The molecule has 0 fully saturated rings. The zero-order valence-corrected chi connectivity index (χ0v) is 15.9. The number of methoxy groups -OCH3 is 1. The zero-order chi connectivity index (χ0) is 19.0. The molecule has 2 aromatic rings. The molecule has 2 aliphatic rings. The topological polar surface area (TPSA) is 85.5 Å². The highest BCUT2D eigenvalue weighted by Crippen LogP contribution is 2.30. The van der Waals surface area contributed by atoms with Crippen molar-refractivity contribution in [1.82, 2.24) is 26.2 Å². The van der Waals surface area contributed by atoms with Crippen molar-refractivity contribution in [3.8, 4) is 5.75 Å². The van der Waals surface area contributed by atoms with Crippen LogP contribution >= 0.6 is 11.6 Å². The molecule has 0 aliphatic carbocycles. The van der Waals surface area contributed by atoms with Crippen molar-refractivity contribution in [2.24, 2.45) is 0 Å². The summed E-state index contributed by atoms with van der Waals surface area (Å²) in [5, 5.41) is 8.50. The number of hydrazine groups is 2. The fourth-order valence-electron chi connectivity index (χ4n) is 3.52. The summed E-state index contributed by atoms with van der Waals surface area (Å²) in [6.45, 7) is 4.17. The highest BCUT2D eigenvalue weighted by molar-refractivity contribution is 6.33. The van der Waals surface area contributed by atoms with Crippen molar-refractivity contribution in [3.63, 3.8) is 0 Å². The number of aromatic amines is 1. The van der Waals surface area contributed by atoms with E-state index in [1.165, 1.54) is 11.3 Å². The Morgan fingerprint density at radius 1 is 1.37 bits per heavy atom. The number of benzene rings is 1. The Labute approximate surface area is 161 Å². The van der Waals surface area contributed by atoms with Crippen LogP contribution < -0.4 is 26.2 Å². The number of H-pyrrole nitrogens is 1. The number of ether oxygens (including phenoxy) is 1. The van der Waals surface area contributed by atoms with Crippen LogP contribution in [0.1, 0.15) is 17.5 Å². The molecular weight excluding hydrogens is 368 g/mol. The maximum absolute atomic E-state index is 11.7. The normalized spacial score (nSPS) is 16.4. The van der Waals surface area contributed by atoms with Crippen molar-refractivity contribution >= 4 is 17.3 Å². The molecule has 1 aromatic heterocycles. The van der Waals surface area contributed by atoms with Crippen LogP contribution in [0.4, 0.5) is 5.69 Å². The quantitative estimate of drug-likeness (QED) is 0.734. The number of anilines is 1. The first kappa shape index (κ1) is 17.7. The minimum Gasteiger partial charge on any atom is -0.496 e. The van der Waals surface area contributed by atoms with Gasteiger partial charge in [0.1, 0.15) is 10.8 Å². The Morgan fingerprint density at radius 3 is 3.04 bits per heavy atom. The van der Waals surface area contributed by atoms with Crippen LogP contribution in [-0.4, -0.2) is 35.4 Å². The van der Waals surface area contributed by atoms with Gasteiger partial charge in [-0.25, -0.2) is 5.10 Å². The lowest BCUT2D eigenvalue weighted by Gasteiger charge is -2.31. The molecule has 0 unspecified atom stereocenters. The predicted molar refractivity (Wildman–Crippen MR) is 103 cm³/mol. The van der Waals surface area contributed by atoms with Gasteiger partial charge in [0.2, 0.25) is 0 Å². The van der Waals surface area contributed by atoms with Crippen LogP contribution in [0, 0.1) is 6.92 Å². The Balaban J connectivity index is 1.54. The Hall–Kier alpha value is -2.71. The molecule has 9 heteroatoms. The molecule has 27 heavy (non-hydrogen) atoms. The number of aromatic nitrogens is 2. The van der Waals surface area contributed by atoms with E-state index in [0.717, 1.165) is 36.5 Å². The second kappa shape index (κ2) is 7.13. The molecule has 0 atom stereocenters. The minimum absolute atomic E-state index is 0.170. The average Bonchev–Trinajstić information content (AvgIpc) is 3.08. The van der Waals surface area contributed by atoms with E-state index in [0.29, 0.717) is 12.2 Å². The van der Waals surface area contributed by atoms with Crippen LogP contribution in [-0.2, 0) is 6.54 Å². The number of halogens is 1. The molecule has 8 nitrogen and oxygen atoms in total. The summed E-state index contributed by atoms with van der Waals surface area (Å²) in [5.74, 6) is 0.889. The largest absolute Gasteiger partial charge is 0.496 e. The van der Waals surface area contributed by atoms with Crippen LogP contribution in [0.15, 0.2) is 40.6 Å². The van der Waals surface area contributed by atoms with Gasteiger partial charge in [-0.3, -0.25) is 9.80 Å². The van der Waals surface area contributed by atoms with Gasteiger partial charge in [-0.05, 0) is 24.1 Å². The van der Waals surface area contributed by atoms with E-state index in [2.05, 4.69) is 44.1 Å². The Morgan fingerprint density at radius 2 is 2.22 bits per heavy atom. The van der Waals surface area contributed by atoms with Crippen molar-refractivity contribution in [3.05, 3.63) is 62.3 Å².